The Balaban J connectivity index is 2.14. The van der Waals surface area contributed by atoms with Crippen molar-refractivity contribution in [1.82, 2.24) is 15.3 Å². The van der Waals surface area contributed by atoms with Gasteiger partial charge in [-0.05, 0) is 37.8 Å². The minimum absolute atomic E-state index is 0.290. The normalized spacial score (nSPS) is 18.9. The molecule has 0 amide bonds. The first kappa shape index (κ1) is 11.4. The number of hydrogen-bond acceptors (Lipinski definition) is 2. The van der Waals surface area contributed by atoms with Gasteiger partial charge in [-0.2, -0.15) is 0 Å². The van der Waals surface area contributed by atoms with Crippen molar-refractivity contribution in [2.75, 3.05) is 6.54 Å². The van der Waals surface area contributed by atoms with Crippen LogP contribution in [0, 0.1) is 0 Å². The lowest BCUT2D eigenvalue weighted by atomic mass is 10.0. The van der Waals surface area contributed by atoms with Gasteiger partial charge in [-0.25, -0.2) is 4.98 Å². The van der Waals surface area contributed by atoms with E-state index in [0.29, 0.717) is 0 Å². The molecule has 1 atom stereocenters. The van der Waals surface area contributed by atoms with E-state index in [1.54, 1.807) is 0 Å². The zero-order valence-electron chi connectivity index (χ0n) is 10.00. The van der Waals surface area contributed by atoms with Crippen LogP contribution in [-0.4, -0.2) is 16.5 Å². The smallest absolute Gasteiger partial charge is 0.127 e. The Labute approximate surface area is 97.4 Å². The molecule has 2 rings (SSSR count). The number of allylic oxidation sites excluding steroid dienone is 1. The van der Waals surface area contributed by atoms with Crippen molar-refractivity contribution in [2.45, 2.75) is 45.1 Å². The van der Waals surface area contributed by atoms with Crippen molar-refractivity contribution in [3.05, 3.63) is 29.9 Å². The molecule has 0 aromatic carbocycles. The highest BCUT2D eigenvalue weighted by Crippen LogP contribution is 2.27. The fourth-order valence-electron chi connectivity index (χ4n) is 2.34. The SMILES string of the molecule is CCNC(C1=CCCCCC1)c1ncc[nH]1. The molecule has 1 aromatic rings. The lowest BCUT2D eigenvalue weighted by Crippen LogP contribution is -2.24. The van der Waals surface area contributed by atoms with Crippen LogP contribution in [0.1, 0.15) is 50.9 Å². The Kier molecular flexibility index (Phi) is 4.17. The summed E-state index contributed by atoms with van der Waals surface area (Å²) in [6.07, 6.45) is 12.6. The largest absolute Gasteiger partial charge is 0.347 e. The number of rotatable bonds is 4. The Morgan fingerprint density at radius 2 is 2.38 bits per heavy atom. The zero-order chi connectivity index (χ0) is 11.2. The summed E-state index contributed by atoms with van der Waals surface area (Å²) in [4.78, 5) is 7.61. The van der Waals surface area contributed by atoms with Gasteiger partial charge in [0.2, 0.25) is 0 Å². The van der Waals surface area contributed by atoms with E-state index in [-0.39, 0.29) is 6.04 Å². The molecule has 0 saturated carbocycles. The number of imidazole rings is 1. The number of aromatic nitrogens is 2. The highest BCUT2D eigenvalue weighted by molar-refractivity contribution is 5.18. The second-order valence-electron chi connectivity index (χ2n) is 4.34. The number of nitrogens with one attached hydrogen (secondary N) is 2. The van der Waals surface area contributed by atoms with Gasteiger partial charge in [0.25, 0.3) is 0 Å². The van der Waals surface area contributed by atoms with Crippen molar-refractivity contribution in [3.63, 3.8) is 0 Å². The number of H-pyrrole nitrogens is 1. The van der Waals surface area contributed by atoms with Crippen LogP contribution in [0.25, 0.3) is 0 Å². The second kappa shape index (κ2) is 5.85. The van der Waals surface area contributed by atoms with E-state index in [1.807, 2.05) is 12.4 Å². The first-order valence-electron chi connectivity index (χ1n) is 6.33. The molecular formula is C13H21N3. The van der Waals surface area contributed by atoms with Crippen LogP contribution in [0.2, 0.25) is 0 Å². The third-order valence-electron chi connectivity index (χ3n) is 3.15. The third-order valence-corrected chi connectivity index (χ3v) is 3.15. The number of nitrogens with zero attached hydrogens (tertiary/aromatic N) is 1. The van der Waals surface area contributed by atoms with Crippen molar-refractivity contribution in [1.29, 1.82) is 0 Å². The Morgan fingerprint density at radius 1 is 1.44 bits per heavy atom. The molecule has 0 spiro atoms. The first-order chi connectivity index (χ1) is 7.92. The highest BCUT2D eigenvalue weighted by atomic mass is 15.0. The summed E-state index contributed by atoms with van der Waals surface area (Å²) in [5.74, 6) is 1.05. The molecule has 0 saturated heterocycles. The van der Waals surface area contributed by atoms with Gasteiger partial charge < -0.3 is 10.3 Å². The van der Waals surface area contributed by atoms with E-state index >= 15 is 0 Å². The summed E-state index contributed by atoms with van der Waals surface area (Å²) in [5.41, 5.74) is 1.51. The topological polar surface area (TPSA) is 40.7 Å². The van der Waals surface area contributed by atoms with Gasteiger partial charge in [0.15, 0.2) is 0 Å². The van der Waals surface area contributed by atoms with E-state index in [4.69, 9.17) is 0 Å². The fourth-order valence-corrected chi connectivity index (χ4v) is 2.34. The van der Waals surface area contributed by atoms with Crippen LogP contribution < -0.4 is 5.32 Å². The van der Waals surface area contributed by atoms with Crippen LogP contribution in [0.3, 0.4) is 0 Å². The zero-order valence-corrected chi connectivity index (χ0v) is 10.00. The number of likely N-dealkylation sites (N-methyl/N-ethyl adjacent to an activating group) is 1. The molecule has 1 aliphatic carbocycles. The predicted molar refractivity (Wildman–Crippen MR) is 66.2 cm³/mol. The Morgan fingerprint density at radius 3 is 3.12 bits per heavy atom. The molecule has 0 fully saturated rings. The average Bonchev–Trinajstić information content (AvgIpc) is 2.69. The van der Waals surface area contributed by atoms with Crippen LogP contribution in [0.15, 0.2) is 24.0 Å². The Bertz CT molecular complexity index is 327. The molecule has 1 aliphatic rings. The van der Waals surface area contributed by atoms with Crippen molar-refractivity contribution < 1.29 is 0 Å². The van der Waals surface area contributed by atoms with Crippen molar-refractivity contribution >= 4 is 0 Å². The fraction of sp³-hybridized carbons (Fsp3) is 0.615. The molecule has 2 N–H and O–H groups in total. The molecule has 88 valence electrons. The van der Waals surface area contributed by atoms with Crippen LogP contribution in [0.4, 0.5) is 0 Å². The minimum Gasteiger partial charge on any atom is -0.347 e. The molecule has 0 radical (unpaired) electrons. The summed E-state index contributed by atoms with van der Waals surface area (Å²) in [7, 11) is 0. The third kappa shape index (κ3) is 2.73. The lowest BCUT2D eigenvalue weighted by molar-refractivity contribution is 0.567. The van der Waals surface area contributed by atoms with Gasteiger partial charge in [0.1, 0.15) is 5.82 Å². The van der Waals surface area contributed by atoms with E-state index < -0.39 is 0 Å². The van der Waals surface area contributed by atoms with E-state index in [1.165, 1.54) is 37.7 Å². The molecule has 1 heterocycles. The van der Waals surface area contributed by atoms with E-state index in [9.17, 15) is 0 Å². The predicted octanol–water partition coefficient (Wildman–Crippen LogP) is 2.95. The summed E-state index contributed by atoms with van der Waals surface area (Å²) in [6, 6.07) is 0.290. The molecule has 1 aromatic heterocycles. The van der Waals surface area contributed by atoms with Crippen molar-refractivity contribution in [2.24, 2.45) is 0 Å². The average molecular weight is 219 g/mol. The number of aromatic amines is 1. The molecule has 3 nitrogen and oxygen atoms in total. The molecular weight excluding hydrogens is 198 g/mol. The number of hydrogen-bond donors (Lipinski definition) is 2. The Hall–Kier alpha value is -1.09. The molecule has 16 heavy (non-hydrogen) atoms. The van der Waals surface area contributed by atoms with Gasteiger partial charge >= 0.3 is 0 Å². The van der Waals surface area contributed by atoms with Gasteiger partial charge in [-0.1, -0.05) is 19.4 Å². The maximum atomic E-state index is 4.38. The standard InChI is InChI=1S/C13H21N3/c1-2-14-12(13-15-9-10-16-13)11-7-5-3-4-6-8-11/h7,9-10,12,14H,2-6,8H2,1H3,(H,15,16). The molecule has 0 bridgehead atoms. The van der Waals surface area contributed by atoms with Gasteiger partial charge in [-0.3, -0.25) is 0 Å². The van der Waals surface area contributed by atoms with Crippen LogP contribution in [-0.2, 0) is 0 Å². The van der Waals surface area contributed by atoms with Gasteiger partial charge in [-0.15, -0.1) is 0 Å². The van der Waals surface area contributed by atoms with Crippen LogP contribution >= 0.6 is 0 Å². The summed E-state index contributed by atoms with van der Waals surface area (Å²) >= 11 is 0. The van der Waals surface area contributed by atoms with Crippen molar-refractivity contribution in [3.8, 4) is 0 Å². The highest BCUT2D eigenvalue weighted by Gasteiger charge is 2.18. The van der Waals surface area contributed by atoms with Gasteiger partial charge in [0, 0.05) is 12.4 Å². The summed E-state index contributed by atoms with van der Waals surface area (Å²) in [6.45, 7) is 3.12. The molecule has 0 aliphatic heterocycles. The first-order valence-corrected chi connectivity index (χ1v) is 6.33. The maximum Gasteiger partial charge on any atom is 0.127 e. The quantitative estimate of drug-likeness (QED) is 0.764. The van der Waals surface area contributed by atoms with E-state index in [0.717, 1.165) is 12.4 Å². The lowest BCUT2D eigenvalue weighted by Gasteiger charge is -2.18. The van der Waals surface area contributed by atoms with Crippen LogP contribution in [0.5, 0.6) is 0 Å². The summed E-state index contributed by atoms with van der Waals surface area (Å²) in [5, 5.41) is 3.52. The summed E-state index contributed by atoms with van der Waals surface area (Å²) < 4.78 is 0. The van der Waals surface area contributed by atoms with Gasteiger partial charge in [0.05, 0.1) is 6.04 Å². The second-order valence-corrected chi connectivity index (χ2v) is 4.34. The molecule has 3 heteroatoms. The molecule has 1 unspecified atom stereocenters. The minimum atomic E-state index is 0.290. The maximum absolute atomic E-state index is 4.38. The van der Waals surface area contributed by atoms with E-state index in [2.05, 4.69) is 28.3 Å². The monoisotopic (exact) mass is 219 g/mol.